The number of fused-ring (bicyclic) bond motifs is 1. The number of halogens is 1. The molecule has 0 aliphatic rings. The van der Waals surface area contributed by atoms with Gasteiger partial charge in [0.15, 0.2) is 5.65 Å². The van der Waals surface area contributed by atoms with Crippen molar-refractivity contribution in [1.82, 2.24) is 19.9 Å². The van der Waals surface area contributed by atoms with E-state index in [-0.39, 0.29) is 30.2 Å². The number of aryl methyl sites for hydroxylation is 1. The molecule has 8 heteroatoms. The summed E-state index contributed by atoms with van der Waals surface area (Å²) in [7, 11) is 0. The maximum absolute atomic E-state index is 12.6. The zero-order valence-corrected chi connectivity index (χ0v) is 15.3. The van der Waals surface area contributed by atoms with Crippen molar-refractivity contribution in [2.45, 2.75) is 25.8 Å². The van der Waals surface area contributed by atoms with Gasteiger partial charge in [0.05, 0.1) is 6.42 Å². The predicted molar refractivity (Wildman–Crippen MR) is 102 cm³/mol. The predicted octanol–water partition coefficient (Wildman–Crippen LogP) is 1.53. The van der Waals surface area contributed by atoms with E-state index < -0.39 is 0 Å². The fraction of sp³-hybridized carbons (Fsp3) is 0.263. The van der Waals surface area contributed by atoms with Gasteiger partial charge in [-0.1, -0.05) is 29.8 Å². The van der Waals surface area contributed by atoms with Gasteiger partial charge in [-0.05, 0) is 42.2 Å². The monoisotopic (exact) mass is 386 g/mol. The average molecular weight is 387 g/mol. The van der Waals surface area contributed by atoms with Crippen LogP contribution in [-0.2, 0) is 24.2 Å². The minimum absolute atomic E-state index is 0.0837. The van der Waals surface area contributed by atoms with Gasteiger partial charge in [-0.2, -0.15) is 0 Å². The van der Waals surface area contributed by atoms with E-state index in [0.29, 0.717) is 30.1 Å². The molecule has 1 amide bonds. The molecule has 0 aliphatic heterocycles. The molecule has 0 saturated heterocycles. The number of hydrogen-bond acceptors (Lipinski definition) is 5. The van der Waals surface area contributed by atoms with Crippen molar-refractivity contribution in [3.8, 4) is 0 Å². The summed E-state index contributed by atoms with van der Waals surface area (Å²) in [5.41, 5.74) is 1.94. The SMILES string of the molecule is O=C(Cc1nnc2ccc(CCCO)cn2c1=O)NCc1ccc(Cl)cc1. The van der Waals surface area contributed by atoms with Crippen molar-refractivity contribution in [3.05, 3.63) is 74.8 Å². The van der Waals surface area contributed by atoms with Crippen molar-refractivity contribution in [2.24, 2.45) is 0 Å². The number of carbonyl (C=O) groups excluding carboxylic acids is 1. The van der Waals surface area contributed by atoms with E-state index in [1.807, 2.05) is 18.2 Å². The second-order valence-corrected chi connectivity index (χ2v) is 6.56. The first kappa shape index (κ1) is 19.0. The Kier molecular flexibility index (Phi) is 6.16. The third-order valence-corrected chi connectivity index (χ3v) is 4.33. The first-order valence-electron chi connectivity index (χ1n) is 8.55. The highest BCUT2D eigenvalue weighted by Gasteiger charge is 2.12. The molecule has 27 heavy (non-hydrogen) atoms. The van der Waals surface area contributed by atoms with E-state index in [0.717, 1.165) is 11.1 Å². The molecule has 0 aliphatic carbocycles. The van der Waals surface area contributed by atoms with Crippen molar-refractivity contribution in [3.63, 3.8) is 0 Å². The Labute approximate surface area is 160 Å². The standard InChI is InChI=1S/C19H19ClN4O3/c20-15-6-3-13(4-7-15)11-21-18(26)10-16-19(27)24-12-14(2-1-9-25)5-8-17(24)23-22-16/h3-8,12,25H,1-2,9-11H2,(H,21,26). The van der Waals surface area contributed by atoms with Crippen LogP contribution in [0.15, 0.2) is 47.4 Å². The summed E-state index contributed by atoms with van der Waals surface area (Å²) in [6.07, 6.45) is 2.79. The average Bonchev–Trinajstić information content (AvgIpc) is 2.68. The highest BCUT2D eigenvalue weighted by atomic mass is 35.5. The minimum atomic E-state index is -0.368. The maximum Gasteiger partial charge on any atom is 0.280 e. The zero-order chi connectivity index (χ0) is 19.2. The van der Waals surface area contributed by atoms with Crippen molar-refractivity contribution < 1.29 is 9.90 Å². The number of rotatable bonds is 7. The molecule has 0 bridgehead atoms. The van der Waals surface area contributed by atoms with E-state index in [1.54, 1.807) is 24.4 Å². The quantitative estimate of drug-likeness (QED) is 0.641. The third kappa shape index (κ3) is 4.90. The molecule has 2 N–H and O–H groups in total. The molecule has 140 valence electrons. The highest BCUT2D eigenvalue weighted by molar-refractivity contribution is 6.30. The number of amides is 1. The Hall–Kier alpha value is -2.77. The summed E-state index contributed by atoms with van der Waals surface area (Å²) >= 11 is 5.83. The summed E-state index contributed by atoms with van der Waals surface area (Å²) in [4.78, 5) is 24.8. The lowest BCUT2D eigenvalue weighted by molar-refractivity contribution is -0.120. The Morgan fingerprint density at radius 3 is 2.59 bits per heavy atom. The van der Waals surface area contributed by atoms with Gasteiger partial charge in [-0.15, -0.1) is 10.2 Å². The van der Waals surface area contributed by atoms with Crippen molar-refractivity contribution in [1.29, 1.82) is 0 Å². The van der Waals surface area contributed by atoms with Gasteiger partial charge in [-0.25, -0.2) is 0 Å². The van der Waals surface area contributed by atoms with Crippen LogP contribution < -0.4 is 10.9 Å². The van der Waals surface area contributed by atoms with E-state index in [9.17, 15) is 9.59 Å². The largest absolute Gasteiger partial charge is 0.396 e. The van der Waals surface area contributed by atoms with Gasteiger partial charge in [0.25, 0.3) is 5.56 Å². The molecule has 1 aromatic carbocycles. The third-order valence-electron chi connectivity index (χ3n) is 4.08. The van der Waals surface area contributed by atoms with Crippen LogP contribution in [0.5, 0.6) is 0 Å². The van der Waals surface area contributed by atoms with Crippen molar-refractivity contribution in [2.75, 3.05) is 6.61 Å². The number of benzene rings is 1. The normalized spacial score (nSPS) is 10.9. The Bertz CT molecular complexity index is 1000. The number of pyridine rings is 1. The van der Waals surface area contributed by atoms with Crippen LogP contribution in [0.3, 0.4) is 0 Å². The van der Waals surface area contributed by atoms with Crippen LogP contribution in [0.4, 0.5) is 0 Å². The molecule has 2 aromatic heterocycles. The molecule has 0 radical (unpaired) electrons. The molecular formula is C19H19ClN4O3. The Morgan fingerprint density at radius 2 is 1.85 bits per heavy atom. The first-order chi connectivity index (χ1) is 13.1. The Balaban J connectivity index is 1.71. The zero-order valence-electron chi connectivity index (χ0n) is 14.6. The molecule has 3 aromatic rings. The van der Waals surface area contributed by atoms with Gasteiger partial charge < -0.3 is 10.4 Å². The van der Waals surface area contributed by atoms with Crippen LogP contribution in [0.1, 0.15) is 23.2 Å². The summed E-state index contributed by atoms with van der Waals surface area (Å²) < 4.78 is 1.39. The number of nitrogens with zero attached hydrogens (tertiary/aromatic N) is 3. The summed E-state index contributed by atoms with van der Waals surface area (Å²) in [5, 5.41) is 20.2. The first-order valence-corrected chi connectivity index (χ1v) is 8.93. The summed E-state index contributed by atoms with van der Waals surface area (Å²) in [5.74, 6) is -0.312. The number of aliphatic hydroxyl groups excluding tert-OH is 1. The van der Waals surface area contributed by atoms with E-state index in [1.165, 1.54) is 4.40 Å². The van der Waals surface area contributed by atoms with Crippen LogP contribution in [0.25, 0.3) is 5.65 Å². The van der Waals surface area contributed by atoms with Crippen LogP contribution in [0, 0.1) is 0 Å². The minimum Gasteiger partial charge on any atom is -0.396 e. The van der Waals surface area contributed by atoms with Crippen LogP contribution in [-0.4, -0.2) is 32.2 Å². The van der Waals surface area contributed by atoms with Gasteiger partial charge >= 0.3 is 0 Å². The fourth-order valence-electron chi connectivity index (χ4n) is 2.63. The van der Waals surface area contributed by atoms with Crippen LogP contribution >= 0.6 is 11.6 Å². The summed E-state index contributed by atoms with van der Waals surface area (Å²) in [6.45, 7) is 0.421. The second-order valence-electron chi connectivity index (χ2n) is 6.12. The molecule has 3 rings (SSSR count). The highest BCUT2D eigenvalue weighted by Crippen LogP contribution is 2.09. The molecule has 0 fully saturated rings. The smallest absolute Gasteiger partial charge is 0.280 e. The van der Waals surface area contributed by atoms with Crippen LogP contribution in [0.2, 0.25) is 5.02 Å². The van der Waals surface area contributed by atoms with Gasteiger partial charge in [0.1, 0.15) is 5.69 Å². The summed E-state index contributed by atoms with van der Waals surface area (Å²) in [6, 6.07) is 10.7. The second kappa shape index (κ2) is 8.75. The van der Waals surface area contributed by atoms with Gasteiger partial charge in [0.2, 0.25) is 5.91 Å². The van der Waals surface area contributed by atoms with E-state index in [4.69, 9.17) is 16.7 Å². The number of hydrogen-bond donors (Lipinski definition) is 2. The van der Waals surface area contributed by atoms with E-state index >= 15 is 0 Å². The molecule has 2 heterocycles. The number of nitrogens with one attached hydrogen (secondary N) is 1. The van der Waals surface area contributed by atoms with Gasteiger partial charge in [-0.3, -0.25) is 14.0 Å². The number of carbonyl (C=O) groups is 1. The molecule has 7 nitrogen and oxygen atoms in total. The topological polar surface area (TPSA) is 96.6 Å². The number of aromatic nitrogens is 3. The number of aliphatic hydroxyl groups is 1. The molecular weight excluding hydrogens is 368 g/mol. The fourth-order valence-corrected chi connectivity index (χ4v) is 2.76. The maximum atomic E-state index is 12.6. The van der Waals surface area contributed by atoms with E-state index in [2.05, 4.69) is 15.5 Å². The lowest BCUT2D eigenvalue weighted by atomic mass is 10.1. The van der Waals surface area contributed by atoms with Gasteiger partial charge in [0, 0.05) is 24.4 Å². The molecule has 0 unspecified atom stereocenters. The van der Waals surface area contributed by atoms with Crippen molar-refractivity contribution >= 4 is 23.2 Å². The Morgan fingerprint density at radius 1 is 1.11 bits per heavy atom. The lowest BCUT2D eigenvalue weighted by Crippen LogP contribution is -2.30. The molecule has 0 spiro atoms. The lowest BCUT2D eigenvalue weighted by Gasteiger charge is -2.07. The molecule has 0 atom stereocenters. The molecule has 0 saturated carbocycles.